The Bertz CT molecular complexity index is 352. The molecule has 0 aliphatic carbocycles. The summed E-state index contributed by atoms with van der Waals surface area (Å²) in [7, 11) is -1.53. The van der Waals surface area contributed by atoms with Gasteiger partial charge < -0.3 is 10.5 Å². The Hall–Kier alpha value is -0.270. The quantitative estimate of drug-likeness (QED) is 0.501. The van der Waals surface area contributed by atoms with Gasteiger partial charge in [0.05, 0.1) is 12.9 Å². The minimum absolute atomic E-state index is 0.217. The third-order valence-corrected chi connectivity index (χ3v) is 4.76. The van der Waals surface area contributed by atoms with Crippen molar-refractivity contribution in [2.45, 2.75) is 31.7 Å². The van der Waals surface area contributed by atoms with Crippen LogP contribution in [-0.4, -0.2) is 50.6 Å². The van der Waals surface area contributed by atoms with E-state index in [0.29, 0.717) is 12.2 Å². The minimum atomic E-state index is -2.86. The Morgan fingerprint density at radius 1 is 1.33 bits per heavy atom. The van der Waals surface area contributed by atoms with Gasteiger partial charge in [-0.05, 0) is 25.5 Å². The van der Waals surface area contributed by atoms with Crippen LogP contribution in [0.25, 0.3) is 0 Å². The first-order chi connectivity index (χ1) is 8.19. The van der Waals surface area contributed by atoms with E-state index in [-0.39, 0.29) is 5.75 Å². The Morgan fingerprint density at radius 3 is 2.44 bits per heavy atom. The maximum atomic E-state index is 11.3. The van der Waals surface area contributed by atoms with Gasteiger partial charge in [0.2, 0.25) is 0 Å². The van der Waals surface area contributed by atoms with Crippen molar-refractivity contribution in [3.05, 3.63) is 0 Å². The molecular formula is C11H23NO4S2. The van der Waals surface area contributed by atoms with Crippen molar-refractivity contribution in [3.8, 4) is 0 Å². The highest BCUT2D eigenvalue weighted by molar-refractivity contribution is 8.00. The van der Waals surface area contributed by atoms with Crippen LogP contribution in [0.1, 0.15) is 26.2 Å². The van der Waals surface area contributed by atoms with Crippen LogP contribution in [0.3, 0.4) is 0 Å². The summed E-state index contributed by atoms with van der Waals surface area (Å²) in [4.78, 5) is 11.3. The normalized spacial score (nSPS) is 15.1. The summed E-state index contributed by atoms with van der Waals surface area (Å²) in [6.45, 7) is 1.66. The molecule has 0 saturated heterocycles. The van der Waals surface area contributed by atoms with Gasteiger partial charge in [-0.25, -0.2) is 8.42 Å². The van der Waals surface area contributed by atoms with Crippen molar-refractivity contribution in [3.63, 3.8) is 0 Å². The van der Waals surface area contributed by atoms with Crippen molar-refractivity contribution < 1.29 is 17.9 Å². The van der Waals surface area contributed by atoms with Gasteiger partial charge in [0, 0.05) is 12.0 Å². The van der Waals surface area contributed by atoms with Crippen LogP contribution in [0.2, 0.25) is 0 Å². The predicted molar refractivity (Wildman–Crippen MR) is 75.5 cm³/mol. The summed E-state index contributed by atoms with van der Waals surface area (Å²) >= 11 is 1.61. The van der Waals surface area contributed by atoms with Crippen molar-refractivity contribution >= 4 is 27.6 Å². The number of sulfone groups is 1. The van der Waals surface area contributed by atoms with E-state index in [9.17, 15) is 13.2 Å². The first kappa shape index (κ1) is 17.7. The van der Waals surface area contributed by atoms with E-state index in [2.05, 4.69) is 4.74 Å². The Labute approximate surface area is 114 Å². The fourth-order valence-corrected chi connectivity index (χ4v) is 3.64. The fraction of sp³-hybridized carbons (Fsp3) is 0.909. The standard InChI is InChI=1S/C11H23NO4S2/c1-11(12,10(13)16-2)6-4-5-7-17-8-9-18(3,14)15/h4-9,12H2,1-3H3. The van der Waals surface area contributed by atoms with Crippen molar-refractivity contribution in [2.24, 2.45) is 5.73 Å². The van der Waals surface area contributed by atoms with E-state index in [0.717, 1.165) is 18.6 Å². The maximum absolute atomic E-state index is 11.3. The monoisotopic (exact) mass is 297 g/mol. The Balaban J connectivity index is 3.60. The molecule has 2 N–H and O–H groups in total. The van der Waals surface area contributed by atoms with Gasteiger partial charge in [-0.3, -0.25) is 4.79 Å². The second kappa shape index (κ2) is 8.01. The van der Waals surface area contributed by atoms with Crippen LogP contribution < -0.4 is 5.73 Å². The van der Waals surface area contributed by atoms with Gasteiger partial charge in [-0.1, -0.05) is 6.42 Å². The van der Waals surface area contributed by atoms with Gasteiger partial charge in [0.1, 0.15) is 15.4 Å². The third-order valence-electron chi connectivity index (χ3n) is 2.48. The molecular weight excluding hydrogens is 274 g/mol. The predicted octanol–water partition coefficient (Wildman–Crippen LogP) is 0.825. The van der Waals surface area contributed by atoms with Crippen LogP contribution in [0.15, 0.2) is 0 Å². The van der Waals surface area contributed by atoms with Gasteiger partial charge in [0.15, 0.2) is 0 Å². The first-order valence-corrected chi connectivity index (χ1v) is 9.03. The molecule has 7 heteroatoms. The Morgan fingerprint density at radius 2 is 1.94 bits per heavy atom. The molecule has 0 heterocycles. The van der Waals surface area contributed by atoms with Crippen molar-refractivity contribution in [2.75, 3.05) is 30.6 Å². The van der Waals surface area contributed by atoms with Crippen LogP contribution in [-0.2, 0) is 19.4 Å². The molecule has 0 fully saturated rings. The molecule has 0 amide bonds. The number of methoxy groups -OCH3 is 1. The number of nitrogens with two attached hydrogens (primary N) is 1. The maximum Gasteiger partial charge on any atom is 0.325 e. The molecule has 0 aromatic heterocycles. The lowest BCUT2D eigenvalue weighted by Gasteiger charge is -2.20. The first-order valence-electron chi connectivity index (χ1n) is 5.82. The lowest BCUT2D eigenvalue weighted by molar-refractivity contribution is -0.146. The summed E-state index contributed by atoms with van der Waals surface area (Å²) < 4.78 is 26.4. The second-order valence-corrected chi connectivity index (χ2v) is 8.09. The minimum Gasteiger partial charge on any atom is -0.468 e. The van der Waals surface area contributed by atoms with Crippen molar-refractivity contribution in [1.29, 1.82) is 0 Å². The summed E-state index contributed by atoms with van der Waals surface area (Å²) in [5.74, 6) is 1.32. The van der Waals surface area contributed by atoms with E-state index < -0.39 is 21.3 Å². The molecule has 0 spiro atoms. The SMILES string of the molecule is COC(=O)C(C)(N)CCCCSCCS(C)(=O)=O. The molecule has 108 valence electrons. The number of hydrogen-bond donors (Lipinski definition) is 1. The van der Waals surface area contributed by atoms with Crippen LogP contribution in [0, 0.1) is 0 Å². The summed E-state index contributed by atoms with van der Waals surface area (Å²) in [5.41, 5.74) is 4.88. The van der Waals surface area contributed by atoms with Gasteiger partial charge in [0.25, 0.3) is 0 Å². The van der Waals surface area contributed by atoms with E-state index in [1.165, 1.54) is 13.4 Å². The molecule has 0 aromatic carbocycles. The van der Waals surface area contributed by atoms with E-state index in [1.807, 2.05) is 0 Å². The Kier molecular flexibility index (Phi) is 7.89. The van der Waals surface area contributed by atoms with Gasteiger partial charge in [-0.2, -0.15) is 11.8 Å². The molecule has 0 saturated carbocycles. The number of ether oxygens (including phenoxy) is 1. The van der Waals surface area contributed by atoms with Gasteiger partial charge in [-0.15, -0.1) is 0 Å². The van der Waals surface area contributed by atoms with Crippen LogP contribution >= 0.6 is 11.8 Å². The van der Waals surface area contributed by atoms with E-state index in [1.54, 1.807) is 18.7 Å². The third kappa shape index (κ3) is 8.77. The second-order valence-electron chi connectivity index (χ2n) is 4.61. The molecule has 18 heavy (non-hydrogen) atoms. The molecule has 1 unspecified atom stereocenters. The lowest BCUT2D eigenvalue weighted by Crippen LogP contribution is -2.45. The largest absolute Gasteiger partial charge is 0.468 e. The number of esters is 1. The number of carbonyl (C=O) groups is 1. The zero-order chi connectivity index (χ0) is 14.2. The highest BCUT2D eigenvalue weighted by Crippen LogP contribution is 2.14. The molecule has 1 atom stereocenters. The molecule has 0 aromatic rings. The molecule has 0 aliphatic rings. The van der Waals surface area contributed by atoms with Crippen molar-refractivity contribution in [1.82, 2.24) is 0 Å². The van der Waals surface area contributed by atoms with E-state index >= 15 is 0 Å². The summed E-state index contributed by atoms with van der Waals surface area (Å²) in [5, 5.41) is 0. The topological polar surface area (TPSA) is 86.5 Å². The number of unbranched alkanes of at least 4 members (excludes halogenated alkanes) is 1. The van der Waals surface area contributed by atoms with Crippen LogP contribution in [0.5, 0.6) is 0 Å². The summed E-state index contributed by atoms with van der Waals surface area (Å²) in [6, 6.07) is 0. The molecule has 0 aliphatic heterocycles. The number of rotatable bonds is 9. The number of carbonyl (C=O) groups excluding carboxylic acids is 1. The summed E-state index contributed by atoms with van der Waals surface area (Å²) in [6.07, 6.45) is 3.56. The zero-order valence-corrected chi connectivity index (χ0v) is 12.9. The molecule has 0 bridgehead atoms. The lowest BCUT2D eigenvalue weighted by atomic mass is 9.97. The number of hydrogen-bond acceptors (Lipinski definition) is 6. The molecule has 5 nitrogen and oxygen atoms in total. The van der Waals surface area contributed by atoms with Crippen LogP contribution in [0.4, 0.5) is 0 Å². The smallest absolute Gasteiger partial charge is 0.325 e. The average Bonchev–Trinajstić information content (AvgIpc) is 2.25. The molecule has 0 rings (SSSR count). The van der Waals surface area contributed by atoms with Gasteiger partial charge >= 0.3 is 5.97 Å². The zero-order valence-electron chi connectivity index (χ0n) is 11.3. The van der Waals surface area contributed by atoms with E-state index in [4.69, 9.17) is 5.73 Å². The average molecular weight is 297 g/mol. The molecule has 0 radical (unpaired) electrons. The number of thioether (sulfide) groups is 1. The highest BCUT2D eigenvalue weighted by atomic mass is 32.2. The fourth-order valence-electron chi connectivity index (χ4n) is 1.34. The highest BCUT2D eigenvalue weighted by Gasteiger charge is 2.28.